The van der Waals surface area contributed by atoms with Gasteiger partial charge >= 0.3 is 6.18 Å². The van der Waals surface area contributed by atoms with E-state index >= 15 is 0 Å². The van der Waals surface area contributed by atoms with Crippen molar-refractivity contribution < 1.29 is 18.0 Å². The van der Waals surface area contributed by atoms with E-state index in [1.165, 1.54) is 12.1 Å². The van der Waals surface area contributed by atoms with Gasteiger partial charge in [0.1, 0.15) is 0 Å². The fraction of sp³-hybridized carbons (Fsp3) is 0.154. The molecule has 174 valence electrons. The molecule has 3 aromatic carbocycles. The number of carbonyl (C=O) groups is 1. The van der Waals surface area contributed by atoms with Crippen molar-refractivity contribution in [3.8, 4) is 5.69 Å². The maximum absolute atomic E-state index is 13.9. The van der Waals surface area contributed by atoms with Crippen molar-refractivity contribution in [2.75, 3.05) is 10.6 Å². The lowest BCUT2D eigenvalue weighted by Crippen LogP contribution is -2.20. The van der Waals surface area contributed by atoms with E-state index in [0.717, 1.165) is 27.7 Å². The summed E-state index contributed by atoms with van der Waals surface area (Å²) in [5.41, 5.74) is 1.76. The van der Waals surface area contributed by atoms with Gasteiger partial charge in [-0.25, -0.2) is 4.68 Å². The van der Waals surface area contributed by atoms with Crippen LogP contribution in [0.3, 0.4) is 0 Å². The molecule has 34 heavy (non-hydrogen) atoms. The van der Waals surface area contributed by atoms with Gasteiger partial charge in [-0.2, -0.15) is 18.3 Å². The van der Waals surface area contributed by atoms with E-state index in [1.807, 2.05) is 44.2 Å². The number of anilines is 2. The maximum atomic E-state index is 13.9. The second-order valence-corrected chi connectivity index (χ2v) is 7.96. The van der Waals surface area contributed by atoms with Gasteiger partial charge in [-0.3, -0.25) is 4.79 Å². The Morgan fingerprint density at radius 3 is 2.15 bits per heavy atom. The van der Waals surface area contributed by atoms with Crippen molar-refractivity contribution in [2.45, 2.75) is 26.1 Å². The summed E-state index contributed by atoms with van der Waals surface area (Å²) >= 11 is 0. The number of nitrogens with zero attached hydrogens (tertiary/aromatic N) is 2. The summed E-state index contributed by atoms with van der Waals surface area (Å²) in [4.78, 5) is 12.7. The third-order valence-electron chi connectivity index (χ3n) is 5.39. The van der Waals surface area contributed by atoms with Gasteiger partial charge in [-0.1, -0.05) is 48.0 Å². The molecule has 0 fully saturated rings. The first-order valence-corrected chi connectivity index (χ1v) is 10.7. The molecule has 0 aliphatic heterocycles. The topological polar surface area (TPSA) is 59.0 Å². The molecular weight excluding hydrogens is 441 g/mol. The van der Waals surface area contributed by atoms with E-state index in [1.54, 1.807) is 36.4 Å². The minimum absolute atomic E-state index is 0.0589. The number of alkyl halides is 3. The highest BCUT2D eigenvalue weighted by Crippen LogP contribution is 2.34. The molecule has 1 atom stereocenters. The highest BCUT2D eigenvalue weighted by Gasteiger charge is 2.40. The Morgan fingerprint density at radius 2 is 1.53 bits per heavy atom. The van der Waals surface area contributed by atoms with E-state index in [2.05, 4.69) is 15.7 Å². The molecule has 8 heteroatoms. The highest BCUT2D eigenvalue weighted by atomic mass is 19.4. The molecule has 0 aliphatic carbocycles. The molecule has 1 unspecified atom stereocenters. The fourth-order valence-electron chi connectivity index (χ4n) is 3.59. The zero-order chi connectivity index (χ0) is 24.3. The molecule has 2 N–H and O–H groups in total. The van der Waals surface area contributed by atoms with Crippen LogP contribution in [-0.4, -0.2) is 15.7 Å². The minimum Gasteiger partial charge on any atom is -0.379 e. The average molecular weight is 464 g/mol. The van der Waals surface area contributed by atoms with Crippen LogP contribution in [0.5, 0.6) is 0 Å². The van der Waals surface area contributed by atoms with Crippen molar-refractivity contribution >= 4 is 17.3 Å². The van der Waals surface area contributed by atoms with E-state index in [4.69, 9.17) is 0 Å². The third kappa shape index (κ3) is 5.11. The predicted octanol–water partition coefficient (Wildman–Crippen LogP) is 6.62. The van der Waals surface area contributed by atoms with E-state index < -0.39 is 23.3 Å². The summed E-state index contributed by atoms with van der Waals surface area (Å²) in [5.74, 6) is -0.885. The number of halogens is 3. The number of hydrogen-bond acceptors (Lipinski definition) is 3. The molecule has 5 nitrogen and oxygen atoms in total. The Hall–Kier alpha value is -4.07. The molecule has 0 spiro atoms. The lowest BCUT2D eigenvalue weighted by molar-refractivity contribution is -0.143. The molecule has 1 aromatic heterocycles. The van der Waals surface area contributed by atoms with Crippen LogP contribution in [0.1, 0.15) is 40.1 Å². The van der Waals surface area contributed by atoms with Crippen LogP contribution in [0.25, 0.3) is 5.69 Å². The van der Waals surface area contributed by atoms with E-state index in [-0.39, 0.29) is 11.7 Å². The quantitative estimate of drug-likeness (QED) is 0.337. The Kier molecular flexibility index (Phi) is 6.40. The van der Waals surface area contributed by atoms with Gasteiger partial charge in [0.25, 0.3) is 5.91 Å². The molecule has 0 bridgehead atoms. The third-order valence-corrected chi connectivity index (χ3v) is 5.39. The first-order chi connectivity index (χ1) is 16.2. The lowest BCUT2D eigenvalue weighted by atomic mass is 10.1. The average Bonchev–Trinajstić information content (AvgIpc) is 3.27. The van der Waals surface area contributed by atoms with Crippen LogP contribution in [-0.2, 0) is 6.18 Å². The molecule has 4 aromatic rings. The summed E-state index contributed by atoms with van der Waals surface area (Å²) in [6.07, 6.45) is -3.83. The Balaban J connectivity index is 1.52. The van der Waals surface area contributed by atoms with Crippen LogP contribution >= 0.6 is 0 Å². The molecule has 1 amide bonds. The van der Waals surface area contributed by atoms with Gasteiger partial charge in [-0.05, 0) is 55.8 Å². The second kappa shape index (κ2) is 9.43. The van der Waals surface area contributed by atoms with Crippen LogP contribution in [0.2, 0.25) is 0 Å². The zero-order valence-corrected chi connectivity index (χ0v) is 18.6. The summed E-state index contributed by atoms with van der Waals surface area (Å²) in [5, 5.41) is 9.73. The predicted molar refractivity (Wildman–Crippen MR) is 126 cm³/mol. The number of nitrogens with one attached hydrogen (secondary N) is 2. The summed E-state index contributed by atoms with van der Waals surface area (Å²) in [7, 11) is 0. The monoisotopic (exact) mass is 464 g/mol. The molecule has 0 saturated carbocycles. The lowest BCUT2D eigenvalue weighted by Gasteiger charge is -2.16. The Bertz CT molecular complexity index is 1260. The molecule has 0 aliphatic rings. The number of hydrogen-bond donors (Lipinski definition) is 2. The SMILES string of the molecule is Cc1ccc(-n2ncc(C(=O)Nc3ccc(NC(C)c4ccccc4)cc3)c2C(F)(F)F)cc1. The second-order valence-electron chi connectivity index (χ2n) is 7.96. The molecule has 1 heterocycles. The number of aryl methyl sites for hydroxylation is 1. The standard InChI is InChI=1S/C26H23F3N4O/c1-17-8-14-22(15-9-17)33-24(26(27,28)29)23(16-30-33)25(34)32-21-12-10-20(11-13-21)31-18(2)19-6-4-3-5-7-19/h3-16,18,31H,1-2H3,(H,32,34). The van der Waals surface area contributed by atoms with Crippen molar-refractivity contribution in [1.29, 1.82) is 0 Å². The molecule has 0 radical (unpaired) electrons. The van der Waals surface area contributed by atoms with E-state index in [9.17, 15) is 18.0 Å². The molecular formula is C26H23F3N4O. The first kappa shape index (κ1) is 23.1. The number of amides is 1. The summed E-state index contributed by atoms with van der Waals surface area (Å²) in [6.45, 7) is 3.86. The Labute approximate surface area is 195 Å². The van der Waals surface area contributed by atoms with Crippen LogP contribution in [0.4, 0.5) is 24.5 Å². The van der Waals surface area contributed by atoms with Crippen molar-refractivity contribution in [2.24, 2.45) is 0 Å². The van der Waals surface area contributed by atoms with Gasteiger partial charge in [0.15, 0.2) is 5.69 Å². The highest BCUT2D eigenvalue weighted by molar-refractivity contribution is 6.05. The summed E-state index contributed by atoms with van der Waals surface area (Å²) in [6, 6.07) is 23.2. The normalized spacial score (nSPS) is 12.3. The number of carbonyl (C=O) groups excluding carboxylic acids is 1. The molecule has 0 saturated heterocycles. The van der Waals surface area contributed by atoms with Crippen LogP contribution < -0.4 is 10.6 Å². The number of rotatable bonds is 6. The number of aromatic nitrogens is 2. The van der Waals surface area contributed by atoms with Crippen LogP contribution in [0.15, 0.2) is 85.1 Å². The maximum Gasteiger partial charge on any atom is 0.434 e. The minimum atomic E-state index is -4.77. The molecule has 4 rings (SSSR count). The van der Waals surface area contributed by atoms with Gasteiger partial charge in [0.05, 0.1) is 17.4 Å². The number of benzene rings is 3. The van der Waals surface area contributed by atoms with Crippen molar-refractivity contribution in [3.63, 3.8) is 0 Å². The smallest absolute Gasteiger partial charge is 0.379 e. The first-order valence-electron chi connectivity index (χ1n) is 10.7. The van der Waals surface area contributed by atoms with Crippen LogP contribution in [0, 0.1) is 6.92 Å². The zero-order valence-electron chi connectivity index (χ0n) is 18.6. The summed E-state index contributed by atoms with van der Waals surface area (Å²) < 4.78 is 42.4. The largest absolute Gasteiger partial charge is 0.434 e. The Morgan fingerprint density at radius 1 is 0.912 bits per heavy atom. The van der Waals surface area contributed by atoms with Gasteiger partial charge in [0.2, 0.25) is 0 Å². The van der Waals surface area contributed by atoms with Gasteiger partial charge < -0.3 is 10.6 Å². The van der Waals surface area contributed by atoms with Gasteiger partial charge in [0, 0.05) is 17.4 Å². The van der Waals surface area contributed by atoms with E-state index in [0.29, 0.717) is 5.69 Å². The van der Waals surface area contributed by atoms with Gasteiger partial charge in [-0.15, -0.1) is 0 Å². The fourth-order valence-corrected chi connectivity index (χ4v) is 3.59. The van der Waals surface area contributed by atoms with Crippen molar-refractivity contribution in [1.82, 2.24) is 9.78 Å². The van der Waals surface area contributed by atoms with Crippen molar-refractivity contribution in [3.05, 3.63) is 107 Å².